The molecule has 3 aliphatic carbocycles. The van der Waals surface area contributed by atoms with Crippen LogP contribution >= 0.6 is 0 Å². The summed E-state index contributed by atoms with van der Waals surface area (Å²) >= 11 is 0. The van der Waals surface area contributed by atoms with E-state index in [0.29, 0.717) is 17.9 Å². The number of rotatable bonds is 0. The van der Waals surface area contributed by atoms with Crippen molar-refractivity contribution in [3.63, 3.8) is 0 Å². The van der Waals surface area contributed by atoms with Gasteiger partial charge in [0.25, 0.3) is 5.82 Å². The number of benzene rings is 2. The lowest BCUT2D eigenvalue weighted by Gasteiger charge is -2.53. The molecule has 2 aliphatic heterocycles. The highest BCUT2D eigenvalue weighted by molar-refractivity contribution is 6.14. The van der Waals surface area contributed by atoms with Crippen LogP contribution in [0.15, 0.2) is 79.0 Å². The molecule has 1 spiro atoms. The first-order valence-electron chi connectivity index (χ1n) is 14.8. The number of pyridine rings is 2. The maximum absolute atomic E-state index is 2.94. The van der Waals surface area contributed by atoms with Gasteiger partial charge in [0.05, 0.1) is 28.9 Å². The molecule has 6 aromatic rings. The third kappa shape index (κ3) is 1.81. The van der Waals surface area contributed by atoms with E-state index in [9.17, 15) is 0 Å². The molecule has 0 radical (unpaired) electrons. The number of hydrogen-bond acceptors (Lipinski definition) is 0. The fourth-order valence-electron chi connectivity index (χ4n) is 10.8. The molecule has 184 valence electrons. The second-order valence-corrected chi connectivity index (χ2v) is 12.9. The molecular weight excluding hydrogens is 464 g/mol. The minimum absolute atomic E-state index is 0.0334. The van der Waals surface area contributed by atoms with Crippen LogP contribution in [0.5, 0.6) is 0 Å². The van der Waals surface area contributed by atoms with Gasteiger partial charge in [-0.1, -0.05) is 48.9 Å². The summed E-state index contributed by atoms with van der Waals surface area (Å²) in [6.45, 7) is 0. The Kier molecular flexibility index (Phi) is 3.14. The largest absolute Gasteiger partial charge is 0.264 e. The Balaban J connectivity index is 1.50. The zero-order valence-electron chi connectivity index (χ0n) is 21.4. The van der Waals surface area contributed by atoms with Crippen molar-refractivity contribution in [2.45, 2.75) is 50.2 Å². The Morgan fingerprint density at radius 3 is 2.42 bits per heavy atom. The van der Waals surface area contributed by atoms with E-state index >= 15 is 0 Å². The number of hydrogen-bond donors (Lipinski definition) is 0. The summed E-state index contributed by atoms with van der Waals surface area (Å²) in [5.74, 6) is 4.30. The Morgan fingerprint density at radius 2 is 1.50 bits per heavy atom. The topological polar surface area (TPSA) is 17.6 Å². The first kappa shape index (κ1) is 19.4. The van der Waals surface area contributed by atoms with Gasteiger partial charge in [0.1, 0.15) is 11.0 Å². The van der Waals surface area contributed by atoms with Crippen molar-refractivity contribution in [3.05, 3.63) is 79.0 Å². The minimum Gasteiger partial charge on any atom is -0.255 e. The van der Waals surface area contributed by atoms with E-state index in [0.717, 1.165) is 11.8 Å². The van der Waals surface area contributed by atoms with Crippen molar-refractivity contribution in [1.29, 1.82) is 0 Å². The van der Waals surface area contributed by atoms with E-state index in [1.807, 2.05) is 0 Å². The highest BCUT2D eigenvalue weighted by atomic mass is 15.4. The van der Waals surface area contributed by atoms with Gasteiger partial charge in [-0.2, -0.15) is 9.13 Å². The molecule has 3 fully saturated rings. The quantitative estimate of drug-likeness (QED) is 0.218. The number of para-hydroxylation sites is 2. The number of fused-ring (bicyclic) bond motifs is 10. The molecule has 0 amide bonds. The molecule has 2 aromatic carbocycles. The monoisotopic (exact) mass is 494 g/mol. The van der Waals surface area contributed by atoms with Crippen LogP contribution in [-0.4, -0.2) is 9.13 Å². The minimum atomic E-state index is -0.0334. The zero-order valence-corrected chi connectivity index (χ0v) is 21.4. The average molecular weight is 495 g/mol. The van der Waals surface area contributed by atoms with Crippen LogP contribution in [0.4, 0.5) is 0 Å². The van der Waals surface area contributed by atoms with Crippen LogP contribution < -0.4 is 9.13 Å². The summed E-state index contributed by atoms with van der Waals surface area (Å²) in [7, 11) is 0. The normalized spacial score (nSPS) is 31.9. The molecule has 4 heteroatoms. The molecule has 38 heavy (non-hydrogen) atoms. The Labute approximate surface area is 220 Å². The molecule has 4 nitrogen and oxygen atoms in total. The molecule has 0 N–H and O–H groups in total. The maximum Gasteiger partial charge on any atom is 0.264 e. The summed E-state index contributed by atoms with van der Waals surface area (Å²) < 4.78 is 11.1. The van der Waals surface area contributed by atoms with E-state index in [-0.39, 0.29) is 5.66 Å². The van der Waals surface area contributed by atoms with Crippen LogP contribution in [0.1, 0.15) is 44.6 Å². The Hall–Kier alpha value is -3.66. The third-order valence-electron chi connectivity index (χ3n) is 11.7. The van der Waals surface area contributed by atoms with Crippen LogP contribution in [0.25, 0.3) is 49.7 Å². The van der Waals surface area contributed by atoms with Gasteiger partial charge in [-0.25, -0.2) is 4.57 Å². The van der Waals surface area contributed by atoms with Gasteiger partial charge in [-0.05, 0) is 68.2 Å². The molecular formula is C34H30N4+2. The van der Waals surface area contributed by atoms with Crippen molar-refractivity contribution in [2.75, 3.05) is 0 Å². The molecule has 6 heterocycles. The van der Waals surface area contributed by atoms with E-state index in [4.69, 9.17) is 0 Å². The van der Waals surface area contributed by atoms with E-state index in [2.05, 4.69) is 97.3 Å². The molecule has 11 rings (SSSR count). The van der Waals surface area contributed by atoms with Gasteiger partial charge in [0, 0.05) is 22.8 Å². The van der Waals surface area contributed by atoms with Crippen molar-refractivity contribution >= 4 is 43.9 Å². The molecule has 5 aliphatic rings. The summed E-state index contributed by atoms with van der Waals surface area (Å²) in [6, 6.07) is 28.5. The predicted octanol–water partition coefficient (Wildman–Crippen LogP) is 6.38. The predicted molar refractivity (Wildman–Crippen MR) is 148 cm³/mol. The summed E-state index contributed by atoms with van der Waals surface area (Å²) in [5.41, 5.74) is 5.62. The zero-order chi connectivity index (χ0) is 24.3. The summed E-state index contributed by atoms with van der Waals surface area (Å²) in [4.78, 5) is 0. The third-order valence-corrected chi connectivity index (χ3v) is 11.7. The molecule has 3 saturated carbocycles. The van der Waals surface area contributed by atoms with Crippen LogP contribution in [0.3, 0.4) is 0 Å². The molecule has 6 unspecified atom stereocenters. The maximum atomic E-state index is 2.94. The second kappa shape index (κ2) is 6.14. The number of nitrogens with zero attached hydrogens (tertiary/aromatic N) is 4. The van der Waals surface area contributed by atoms with Crippen molar-refractivity contribution in [2.24, 2.45) is 23.7 Å². The number of aromatic nitrogens is 4. The van der Waals surface area contributed by atoms with Crippen molar-refractivity contribution < 1.29 is 9.13 Å². The lowest BCUT2D eigenvalue weighted by atomic mass is 9.61. The van der Waals surface area contributed by atoms with Gasteiger partial charge in [-0.15, -0.1) is 0 Å². The van der Waals surface area contributed by atoms with E-state index < -0.39 is 0 Å². The summed E-state index contributed by atoms with van der Waals surface area (Å²) in [6.07, 6.45) is 10.7. The Morgan fingerprint density at radius 1 is 0.711 bits per heavy atom. The van der Waals surface area contributed by atoms with Crippen LogP contribution in [0.2, 0.25) is 0 Å². The Bertz CT molecular complexity index is 2040. The van der Waals surface area contributed by atoms with Crippen molar-refractivity contribution in [1.82, 2.24) is 9.13 Å². The van der Waals surface area contributed by atoms with Crippen molar-refractivity contribution in [3.8, 4) is 5.82 Å². The van der Waals surface area contributed by atoms with Gasteiger partial charge in [0.15, 0.2) is 0 Å². The second-order valence-electron chi connectivity index (χ2n) is 12.9. The highest BCUT2D eigenvalue weighted by Crippen LogP contribution is 2.63. The lowest BCUT2D eigenvalue weighted by molar-refractivity contribution is -1.00. The van der Waals surface area contributed by atoms with Gasteiger partial charge in [0.2, 0.25) is 17.0 Å². The fourth-order valence-corrected chi connectivity index (χ4v) is 10.8. The first-order valence-corrected chi connectivity index (χ1v) is 14.8. The van der Waals surface area contributed by atoms with E-state index in [1.165, 1.54) is 88.2 Å². The molecule has 6 atom stereocenters. The lowest BCUT2D eigenvalue weighted by Crippen LogP contribution is -2.86. The highest BCUT2D eigenvalue weighted by Gasteiger charge is 2.72. The molecule has 0 saturated heterocycles. The smallest absolute Gasteiger partial charge is 0.255 e. The first-order chi connectivity index (χ1) is 18.9. The fraction of sp³-hybridized carbons (Fsp3) is 0.353. The summed E-state index contributed by atoms with van der Waals surface area (Å²) in [5, 5.41) is 5.66. The van der Waals surface area contributed by atoms with E-state index in [1.54, 1.807) is 0 Å². The molecule has 4 aromatic heterocycles. The molecule has 0 bridgehead atoms. The van der Waals surface area contributed by atoms with Crippen LogP contribution in [-0.2, 0) is 5.66 Å². The standard InChI is InChI=1S/C34H30N4/c1-3-12-27-22(9-1)24-19-25-23-10-2-4-13-28(23)37-30-14-5-6-17-35(30)34-26-11-7-8-20(26)18-21-15-16-29(31(21)34)36(27)32(24)38(34)33(25)37/h1-6,9-10,12-14,17,19-21,26,29,31H,7-8,11,15-16,18H2/q+2. The van der Waals surface area contributed by atoms with Crippen LogP contribution in [0, 0.1) is 23.7 Å². The van der Waals surface area contributed by atoms with Gasteiger partial charge in [-0.3, -0.25) is 4.57 Å². The SMILES string of the molecule is c1cc[n+]2c(c1)-n1c3ccccc3c3cc4c5ccccc5n5c4[n+](c31)C21C2CCCC2CC2CCC5C21. The van der Waals surface area contributed by atoms with Gasteiger partial charge >= 0.3 is 0 Å². The van der Waals surface area contributed by atoms with Gasteiger partial charge < -0.3 is 0 Å². The average Bonchev–Trinajstić information content (AvgIpc) is 3.74.